The summed E-state index contributed by atoms with van der Waals surface area (Å²) >= 11 is 0. The molecule has 1 unspecified atom stereocenters. The Morgan fingerprint density at radius 3 is 2.62 bits per heavy atom. The fourth-order valence-corrected chi connectivity index (χ4v) is 2.41. The summed E-state index contributed by atoms with van der Waals surface area (Å²) in [5.74, 6) is 0.211. The van der Waals surface area contributed by atoms with Gasteiger partial charge in [-0.1, -0.05) is 0 Å². The first kappa shape index (κ1) is 8.97. The van der Waals surface area contributed by atoms with Gasteiger partial charge in [0.05, 0.1) is 5.41 Å². The predicted octanol–water partition coefficient (Wildman–Crippen LogP) is -0.417. The number of hydrogen-bond donors (Lipinski definition) is 1. The van der Waals surface area contributed by atoms with Crippen molar-refractivity contribution in [3.8, 4) is 0 Å². The number of rotatable bonds is 0. The van der Waals surface area contributed by atoms with Gasteiger partial charge in [0.15, 0.2) is 0 Å². The summed E-state index contributed by atoms with van der Waals surface area (Å²) in [6.07, 6.45) is 1.58. The Balaban J connectivity index is 2.23. The molecule has 2 rings (SSSR count). The first-order chi connectivity index (χ1) is 6.17. The van der Waals surface area contributed by atoms with E-state index >= 15 is 0 Å². The van der Waals surface area contributed by atoms with Crippen LogP contribution in [-0.4, -0.2) is 43.7 Å². The van der Waals surface area contributed by atoms with Gasteiger partial charge in [-0.05, 0) is 12.8 Å². The molecule has 0 radical (unpaired) electrons. The van der Waals surface area contributed by atoms with E-state index in [1.165, 1.54) is 0 Å². The zero-order valence-corrected chi connectivity index (χ0v) is 7.95. The second kappa shape index (κ2) is 2.96. The lowest BCUT2D eigenvalue weighted by Gasteiger charge is -2.34. The lowest BCUT2D eigenvalue weighted by molar-refractivity contribution is -0.139. The third-order valence-electron chi connectivity index (χ3n) is 3.34. The number of likely N-dealkylation sites (tertiary alicyclic amines) is 1. The SMILES string of the molecule is CN1CC(N)C2(CCOCC2)C1=O. The van der Waals surface area contributed by atoms with E-state index in [1.807, 2.05) is 7.05 Å². The smallest absolute Gasteiger partial charge is 0.230 e. The van der Waals surface area contributed by atoms with Crippen molar-refractivity contribution in [2.75, 3.05) is 26.8 Å². The number of carbonyl (C=O) groups excluding carboxylic acids is 1. The molecule has 1 spiro atoms. The number of amides is 1. The van der Waals surface area contributed by atoms with Gasteiger partial charge in [-0.2, -0.15) is 0 Å². The second-order valence-corrected chi connectivity index (χ2v) is 4.06. The number of hydrogen-bond acceptors (Lipinski definition) is 3. The van der Waals surface area contributed by atoms with Crippen LogP contribution in [0.2, 0.25) is 0 Å². The van der Waals surface area contributed by atoms with Gasteiger partial charge in [0.1, 0.15) is 0 Å². The standard InChI is InChI=1S/C9H16N2O2/c1-11-6-7(10)9(8(11)12)2-4-13-5-3-9/h7H,2-6,10H2,1H3. The third kappa shape index (κ3) is 1.16. The molecule has 0 bridgehead atoms. The molecular formula is C9H16N2O2. The Morgan fingerprint density at radius 2 is 2.15 bits per heavy atom. The molecule has 2 heterocycles. The minimum atomic E-state index is -0.299. The van der Waals surface area contributed by atoms with E-state index < -0.39 is 0 Å². The van der Waals surface area contributed by atoms with Crippen LogP contribution in [-0.2, 0) is 9.53 Å². The monoisotopic (exact) mass is 184 g/mol. The van der Waals surface area contributed by atoms with E-state index in [-0.39, 0.29) is 17.4 Å². The zero-order chi connectivity index (χ0) is 9.47. The minimum Gasteiger partial charge on any atom is -0.381 e. The number of nitrogens with two attached hydrogens (primary N) is 1. The van der Waals surface area contributed by atoms with Crippen LogP contribution in [0.25, 0.3) is 0 Å². The van der Waals surface area contributed by atoms with E-state index in [1.54, 1.807) is 4.90 Å². The van der Waals surface area contributed by atoms with Crippen LogP contribution in [0.1, 0.15) is 12.8 Å². The van der Waals surface area contributed by atoms with Crippen LogP contribution in [0, 0.1) is 5.41 Å². The van der Waals surface area contributed by atoms with Gasteiger partial charge in [-0.25, -0.2) is 0 Å². The first-order valence-corrected chi connectivity index (χ1v) is 4.76. The number of nitrogens with zero attached hydrogens (tertiary/aromatic N) is 1. The number of likely N-dealkylation sites (N-methyl/N-ethyl adjacent to an activating group) is 1. The Hall–Kier alpha value is -0.610. The fourth-order valence-electron chi connectivity index (χ4n) is 2.41. The summed E-state index contributed by atoms with van der Waals surface area (Å²) in [6.45, 7) is 2.04. The zero-order valence-electron chi connectivity index (χ0n) is 7.95. The van der Waals surface area contributed by atoms with Gasteiger partial charge in [0.25, 0.3) is 0 Å². The van der Waals surface area contributed by atoms with Gasteiger partial charge in [-0.3, -0.25) is 4.79 Å². The van der Waals surface area contributed by atoms with Gasteiger partial charge in [-0.15, -0.1) is 0 Å². The normalized spacial score (nSPS) is 32.9. The highest BCUT2D eigenvalue weighted by atomic mass is 16.5. The van der Waals surface area contributed by atoms with Crippen molar-refractivity contribution >= 4 is 5.91 Å². The Bertz CT molecular complexity index is 224. The second-order valence-electron chi connectivity index (χ2n) is 4.06. The van der Waals surface area contributed by atoms with Crippen molar-refractivity contribution in [1.29, 1.82) is 0 Å². The Labute approximate surface area is 78.0 Å². The van der Waals surface area contributed by atoms with Crippen molar-refractivity contribution in [3.05, 3.63) is 0 Å². The average Bonchev–Trinajstić information content (AvgIpc) is 2.34. The minimum absolute atomic E-state index is 0.00565. The molecule has 1 atom stereocenters. The first-order valence-electron chi connectivity index (χ1n) is 4.76. The maximum absolute atomic E-state index is 11.9. The van der Waals surface area contributed by atoms with Crippen LogP contribution in [0.15, 0.2) is 0 Å². The number of ether oxygens (including phenoxy) is 1. The molecule has 2 aliphatic heterocycles. The molecule has 2 fully saturated rings. The summed E-state index contributed by atoms with van der Waals surface area (Å²) in [7, 11) is 1.83. The molecule has 0 aliphatic carbocycles. The molecule has 4 heteroatoms. The maximum atomic E-state index is 11.9. The van der Waals surface area contributed by atoms with E-state index in [2.05, 4.69) is 0 Å². The molecule has 4 nitrogen and oxygen atoms in total. The van der Waals surface area contributed by atoms with Crippen LogP contribution in [0.4, 0.5) is 0 Å². The van der Waals surface area contributed by atoms with Crippen LogP contribution < -0.4 is 5.73 Å². The van der Waals surface area contributed by atoms with Crippen LogP contribution in [0.5, 0.6) is 0 Å². The van der Waals surface area contributed by atoms with Gasteiger partial charge in [0.2, 0.25) is 5.91 Å². The molecule has 0 saturated carbocycles. The Morgan fingerprint density at radius 1 is 1.54 bits per heavy atom. The maximum Gasteiger partial charge on any atom is 0.230 e. The quantitative estimate of drug-likeness (QED) is 0.556. The molecule has 0 aromatic heterocycles. The molecule has 1 amide bonds. The van der Waals surface area contributed by atoms with Gasteiger partial charge >= 0.3 is 0 Å². The lowest BCUT2D eigenvalue weighted by Crippen LogP contribution is -2.46. The number of carbonyl (C=O) groups is 1. The molecule has 74 valence electrons. The van der Waals surface area contributed by atoms with Crippen LogP contribution >= 0.6 is 0 Å². The summed E-state index contributed by atoms with van der Waals surface area (Å²) in [5.41, 5.74) is 5.71. The van der Waals surface area contributed by atoms with Crippen molar-refractivity contribution in [2.45, 2.75) is 18.9 Å². The highest BCUT2D eigenvalue weighted by molar-refractivity contribution is 5.86. The summed E-state index contributed by atoms with van der Waals surface area (Å²) in [5, 5.41) is 0. The third-order valence-corrected chi connectivity index (χ3v) is 3.34. The van der Waals surface area contributed by atoms with Gasteiger partial charge < -0.3 is 15.4 Å². The molecule has 0 aromatic carbocycles. The largest absolute Gasteiger partial charge is 0.381 e. The van der Waals surface area contributed by atoms with Crippen molar-refractivity contribution in [3.63, 3.8) is 0 Å². The molecule has 2 aliphatic rings. The van der Waals surface area contributed by atoms with Gasteiger partial charge in [0, 0.05) is 32.8 Å². The van der Waals surface area contributed by atoms with Crippen molar-refractivity contribution in [1.82, 2.24) is 4.90 Å². The Kier molecular flexibility index (Phi) is 2.04. The lowest BCUT2D eigenvalue weighted by atomic mass is 9.76. The van der Waals surface area contributed by atoms with E-state index in [0.717, 1.165) is 12.8 Å². The van der Waals surface area contributed by atoms with E-state index in [0.29, 0.717) is 19.8 Å². The highest BCUT2D eigenvalue weighted by Gasteiger charge is 2.51. The molecule has 2 saturated heterocycles. The van der Waals surface area contributed by atoms with E-state index in [9.17, 15) is 4.79 Å². The summed E-state index contributed by atoms with van der Waals surface area (Å²) < 4.78 is 5.26. The summed E-state index contributed by atoms with van der Waals surface area (Å²) in [6, 6.07) is -0.00565. The van der Waals surface area contributed by atoms with E-state index in [4.69, 9.17) is 10.5 Å². The van der Waals surface area contributed by atoms with Crippen molar-refractivity contribution < 1.29 is 9.53 Å². The average molecular weight is 184 g/mol. The highest BCUT2D eigenvalue weighted by Crippen LogP contribution is 2.39. The topological polar surface area (TPSA) is 55.6 Å². The molecule has 13 heavy (non-hydrogen) atoms. The predicted molar refractivity (Wildman–Crippen MR) is 48.1 cm³/mol. The fraction of sp³-hybridized carbons (Fsp3) is 0.889. The molecule has 0 aromatic rings. The van der Waals surface area contributed by atoms with Crippen LogP contribution in [0.3, 0.4) is 0 Å². The molecular weight excluding hydrogens is 168 g/mol. The summed E-state index contributed by atoms with van der Waals surface area (Å²) in [4.78, 5) is 13.6. The molecule has 2 N–H and O–H groups in total. The van der Waals surface area contributed by atoms with Crippen molar-refractivity contribution in [2.24, 2.45) is 11.1 Å².